The van der Waals surface area contributed by atoms with E-state index in [4.69, 9.17) is 15.0 Å². The molecular formula is C54H55N5+2. The molecule has 0 fully saturated rings. The maximum absolute atomic E-state index is 5.10. The Bertz CT molecular complexity index is 2650. The fourth-order valence-corrected chi connectivity index (χ4v) is 7.29. The van der Waals surface area contributed by atoms with Crippen molar-refractivity contribution in [3.05, 3.63) is 193 Å². The first kappa shape index (κ1) is 41.8. The molecular weight excluding hydrogens is 719 g/mol. The van der Waals surface area contributed by atoms with E-state index in [2.05, 4.69) is 162 Å². The molecule has 1 aliphatic carbocycles. The van der Waals surface area contributed by atoms with Gasteiger partial charge in [-0.15, -0.1) is 0 Å². The molecule has 0 unspecified atom stereocenters. The molecule has 0 N–H and O–H groups in total. The number of aryl methyl sites for hydroxylation is 1. The van der Waals surface area contributed by atoms with Crippen LogP contribution in [0.2, 0.25) is 0 Å². The first-order valence-corrected chi connectivity index (χ1v) is 20.9. The van der Waals surface area contributed by atoms with Crippen molar-refractivity contribution < 1.29 is 4.58 Å². The summed E-state index contributed by atoms with van der Waals surface area (Å²) in [5.74, 6) is 1.90. The number of aromatic nitrogens is 3. The average Bonchev–Trinajstić information content (AvgIpc) is 3.61. The summed E-state index contributed by atoms with van der Waals surface area (Å²) >= 11 is 0. The van der Waals surface area contributed by atoms with Gasteiger partial charge in [0.2, 0.25) is 22.8 Å². The molecule has 5 heteroatoms. The van der Waals surface area contributed by atoms with Crippen molar-refractivity contribution in [3.8, 4) is 22.8 Å². The van der Waals surface area contributed by atoms with Crippen LogP contribution in [0.3, 0.4) is 0 Å². The molecule has 0 bridgehead atoms. The normalized spacial score (nSPS) is 14.5. The van der Waals surface area contributed by atoms with Crippen LogP contribution in [-0.2, 0) is 0 Å². The Morgan fingerprint density at radius 3 is 2.12 bits per heavy atom. The van der Waals surface area contributed by atoms with E-state index in [9.17, 15) is 0 Å². The number of allylic oxidation sites excluding steroid dienone is 11. The Labute approximate surface area is 350 Å². The number of fused-ring (bicyclic) bond motifs is 4. The van der Waals surface area contributed by atoms with Crippen molar-refractivity contribution in [1.29, 1.82) is 0 Å². The summed E-state index contributed by atoms with van der Waals surface area (Å²) in [6.07, 6.45) is 25.7. The van der Waals surface area contributed by atoms with Crippen LogP contribution in [0.1, 0.15) is 71.3 Å². The third-order valence-corrected chi connectivity index (χ3v) is 9.97. The summed E-state index contributed by atoms with van der Waals surface area (Å²) in [6.45, 7) is 14.3. The summed E-state index contributed by atoms with van der Waals surface area (Å²) < 4.78 is 4.60. The van der Waals surface area contributed by atoms with Crippen molar-refractivity contribution in [3.63, 3.8) is 0 Å². The van der Waals surface area contributed by atoms with Gasteiger partial charge < -0.3 is 0 Å². The zero-order chi connectivity index (χ0) is 41.6. The maximum Gasteiger partial charge on any atom is 0.225 e. The van der Waals surface area contributed by atoms with Gasteiger partial charge in [0.05, 0.1) is 17.2 Å². The number of benzene rings is 5. The highest BCUT2D eigenvalue weighted by Gasteiger charge is 2.37. The third-order valence-electron chi connectivity index (χ3n) is 9.97. The summed E-state index contributed by atoms with van der Waals surface area (Å²) in [4.78, 5) is 15.1. The molecule has 5 nitrogen and oxygen atoms in total. The Morgan fingerprint density at radius 2 is 1.36 bits per heavy atom. The SMILES string of the molecule is C/C=C\C=C/C=[N+]1C2=CCCC=C2c2cc(C)c([N+](=C/C=C\C(=C/C)c3nc(-c4ccccc4)nc(-c4cccc5ccccc45)n3)c3ccccc3)cc21.CC.CC. The number of hydrogen-bond donors (Lipinski definition) is 0. The molecule has 5 aromatic carbocycles. The molecule has 0 amide bonds. The minimum Gasteiger partial charge on any atom is -0.208 e. The van der Waals surface area contributed by atoms with Crippen LogP contribution in [-0.4, -0.2) is 32.0 Å². The van der Waals surface area contributed by atoms with Gasteiger partial charge in [0.25, 0.3) is 0 Å². The summed E-state index contributed by atoms with van der Waals surface area (Å²) in [7, 11) is 0. The zero-order valence-electron chi connectivity index (χ0n) is 35.5. The van der Waals surface area contributed by atoms with E-state index >= 15 is 0 Å². The molecule has 1 aliphatic heterocycles. The molecule has 294 valence electrons. The predicted octanol–water partition coefficient (Wildman–Crippen LogP) is 14.2. The average molecular weight is 774 g/mol. The zero-order valence-corrected chi connectivity index (χ0v) is 35.5. The second-order valence-corrected chi connectivity index (χ2v) is 13.5. The number of para-hydroxylation sites is 1. The van der Waals surface area contributed by atoms with Gasteiger partial charge in [0.1, 0.15) is 0 Å². The topological polar surface area (TPSA) is 44.7 Å². The Hall–Kier alpha value is -6.85. The van der Waals surface area contributed by atoms with Gasteiger partial charge in [-0.3, -0.25) is 0 Å². The molecule has 0 atom stereocenters. The summed E-state index contributed by atoms with van der Waals surface area (Å²) in [6, 6.07) is 39.9. The molecule has 0 saturated heterocycles. The molecule has 59 heavy (non-hydrogen) atoms. The Kier molecular flexibility index (Phi) is 14.5. The minimum absolute atomic E-state index is 0.616. The lowest BCUT2D eigenvalue weighted by atomic mass is 9.97. The highest BCUT2D eigenvalue weighted by Crippen LogP contribution is 2.46. The molecule has 0 spiro atoms. The Morgan fingerprint density at radius 1 is 0.661 bits per heavy atom. The number of nitrogens with zero attached hydrogens (tertiary/aromatic N) is 5. The van der Waals surface area contributed by atoms with E-state index < -0.39 is 0 Å². The first-order chi connectivity index (χ1) is 29.1. The molecule has 6 aromatic rings. The van der Waals surface area contributed by atoms with Crippen LogP contribution in [0.25, 0.3) is 44.7 Å². The van der Waals surface area contributed by atoms with Crippen molar-refractivity contribution in [1.82, 2.24) is 19.5 Å². The molecule has 2 heterocycles. The van der Waals surface area contributed by atoms with E-state index in [0.29, 0.717) is 17.5 Å². The van der Waals surface area contributed by atoms with Gasteiger partial charge >= 0.3 is 0 Å². The van der Waals surface area contributed by atoms with Gasteiger partial charge in [-0.1, -0.05) is 149 Å². The fraction of sp³-hybridized carbons (Fsp3) is 0.167. The van der Waals surface area contributed by atoms with Crippen LogP contribution in [0.4, 0.5) is 17.1 Å². The van der Waals surface area contributed by atoms with Crippen molar-refractivity contribution in [2.45, 2.75) is 61.3 Å². The van der Waals surface area contributed by atoms with Crippen molar-refractivity contribution in [2.75, 3.05) is 0 Å². The highest BCUT2D eigenvalue weighted by molar-refractivity contribution is 5.96. The number of hydrogen-bond acceptors (Lipinski definition) is 3. The largest absolute Gasteiger partial charge is 0.225 e. The lowest BCUT2D eigenvalue weighted by Gasteiger charge is -2.10. The van der Waals surface area contributed by atoms with Crippen LogP contribution < -0.4 is 4.58 Å². The van der Waals surface area contributed by atoms with Crippen LogP contribution in [0, 0.1) is 6.92 Å². The molecule has 8 rings (SSSR count). The van der Waals surface area contributed by atoms with Gasteiger partial charge in [0, 0.05) is 46.5 Å². The van der Waals surface area contributed by atoms with Gasteiger partial charge in [-0.2, -0.15) is 9.15 Å². The molecule has 0 radical (unpaired) electrons. The van der Waals surface area contributed by atoms with E-state index in [1.165, 1.54) is 28.1 Å². The minimum atomic E-state index is 0.616. The van der Waals surface area contributed by atoms with Crippen molar-refractivity contribution >= 4 is 51.4 Å². The lowest BCUT2D eigenvalue weighted by molar-refractivity contribution is -0.363. The lowest BCUT2D eigenvalue weighted by Crippen LogP contribution is -2.07. The summed E-state index contributed by atoms with van der Waals surface area (Å²) in [5.41, 5.74) is 11.2. The van der Waals surface area contributed by atoms with E-state index in [1.54, 1.807) is 0 Å². The smallest absolute Gasteiger partial charge is 0.208 e. The predicted molar refractivity (Wildman–Crippen MR) is 254 cm³/mol. The van der Waals surface area contributed by atoms with Gasteiger partial charge in [-0.25, -0.2) is 15.0 Å². The van der Waals surface area contributed by atoms with Crippen LogP contribution in [0.15, 0.2) is 176 Å². The quantitative estimate of drug-likeness (QED) is 0.0835. The molecule has 1 aromatic heterocycles. The van der Waals surface area contributed by atoms with Gasteiger partial charge in [-0.05, 0) is 62.6 Å². The highest BCUT2D eigenvalue weighted by atomic mass is 15.1. The molecule has 0 saturated carbocycles. The number of rotatable bonds is 9. The molecule has 2 aliphatic rings. The van der Waals surface area contributed by atoms with Crippen molar-refractivity contribution in [2.24, 2.45) is 0 Å². The second kappa shape index (κ2) is 20.5. The van der Waals surface area contributed by atoms with E-state index in [1.807, 2.05) is 78.0 Å². The van der Waals surface area contributed by atoms with E-state index in [-0.39, 0.29) is 0 Å². The van der Waals surface area contributed by atoms with Crippen LogP contribution >= 0.6 is 0 Å². The van der Waals surface area contributed by atoms with Gasteiger partial charge in [0.15, 0.2) is 29.9 Å². The standard InChI is InChI=1S/C50H43N5.2C2H6/c1-4-6-7-18-32-55-45-31-17-16-29-42(45)44-34-36(3)46(35-47(44)55)54(40-26-12-9-13-27-40)33-20-25-37(5-2)48-51-49(39-22-10-8-11-23-39)53-50(52-48)43-30-19-24-38-21-14-15-28-41(38)43;2*1-2/h4-15,18-35H,16-17H2,1-3H3;2*1-2H3/q+2;;/b6-4-,18-7-,25-20-,37-5+,54-33?,55-32?;;. The second-order valence-electron chi connectivity index (χ2n) is 13.5. The fourth-order valence-electron chi connectivity index (χ4n) is 7.29. The monoisotopic (exact) mass is 773 g/mol. The van der Waals surface area contributed by atoms with Crippen LogP contribution in [0.5, 0.6) is 0 Å². The van der Waals surface area contributed by atoms with E-state index in [0.717, 1.165) is 51.7 Å². The third kappa shape index (κ3) is 9.32. The first-order valence-electron chi connectivity index (χ1n) is 20.9. The Balaban J connectivity index is 0.00000142. The summed E-state index contributed by atoms with van der Waals surface area (Å²) in [5, 5.41) is 2.25. The maximum atomic E-state index is 5.10.